The minimum atomic E-state index is -0.781. The summed E-state index contributed by atoms with van der Waals surface area (Å²) < 4.78 is 10.7. The van der Waals surface area contributed by atoms with Crippen molar-refractivity contribution in [1.82, 2.24) is 0 Å². The first-order valence-electron chi connectivity index (χ1n) is 9.80. The van der Waals surface area contributed by atoms with Gasteiger partial charge in [0.1, 0.15) is 5.25 Å². The largest absolute Gasteiger partial charge is 0.480 e. The molecule has 0 amide bonds. The maximum atomic E-state index is 11.2. The summed E-state index contributed by atoms with van der Waals surface area (Å²) in [5, 5.41) is 27.0. The Morgan fingerprint density at radius 1 is 1.23 bits per heavy atom. The smallest absolute Gasteiger partial charge is 0.316 e. The zero-order chi connectivity index (χ0) is 21.7. The first-order valence-corrected chi connectivity index (χ1v) is 10.7. The number of aliphatic hydroxyl groups is 2. The Bertz CT molecular complexity index is 862. The number of rotatable bonds is 4. The maximum absolute atomic E-state index is 11.2. The zero-order valence-corrected chi connectivity index (χ0v) is 17.5. The van der Waals surface area contributed by atoms with E-state index in [2.05, 4.69) is 6.92 Å². The number of carboxylic acid groups (broad SMARTS) is 1. The number of hydrogen-bond acceptors (Lipinski definition) is 7. The predicted molar refractivity (Wildman–Crippen MR) is 114 cm³/mol. The van der Waals surface area contributed by atoms with E-state index >= 15 is 0 Å². The molecule has 0 saturated heterocycles. The molecule has 0 spiro atoms. The van der Waals surface area contributed by atoms with Crippen LogP contribution in [-0.4, -0.2) is 46.0 Å². The van der Waals surface area contributed by atoms with Gasteiger partial charge < -0.3 is 30.5 Å². The van der Waals surface area contributed by atoms with Crippen molar-refractivity contribution in [3.63, 3.8) is 0 Å². The number of aliphatic carboxylic acids is 1. The lowest BCUT2D eigenvalue weighted by Gasteiger charge is -2.16. The van der Waals surface area contributed by atoms with Gasteiger partial charge in [-0.1, -0.05) is 37.3 Å². The molecule has 5 N–H and O–H groups in total. The molecule has 2 aliphatic rings. The standard InChI is InChI=1S/C13H14O4S.C9H13NO2/c1-7-2-8-4-9-10(17-6-16-9)5-11(8)18-12(3-7)13(14)15;10-8(6-11)9(12)7-4-2-1-3-5-7/h4-5,7,12H,2-3,6H2,1H3,(H,14,15);1-5,8-9,11-12H,6,10H2/t7-,12-;8?,9-/m00/s1. The number of thioether (sulfide) groups is 1. The van der Waals surface area contributed by atoms with E-state index in [1.165, 1.54) is 17.3 Å². The number of aliphatic hydroxyl groups excluding tert-OH is 2. The molecule has 0 aliphatic carbocycles. The summed E-state index contributed by atoms with van der Waals surface area (Å²) in [5.41, 5.74) is 7.35. The molecule has 0 aromatic heterocycles. The van der Waals surface area contributed by atoms with Crippen LogP contribution in [0.5, 0.6) is 11.5 Å². The monoisotopic (exact) mass is 433 g/mol. The lowest BCUT2D eigenvalue weighted by atomic mass is 9.96. The lowest BCUT2D eigenvalue weighted by Crippen LogP contribution is -2.31. The van der Waals surface area contributed by atoms with E-state index in [0.717, 1.165) is 28.4 Å². The molecule has 0 saturated carbocycles. The summed E-state index contributed by atoms with van der Waals surface area (Å²) in [5.74, 6) is 1.12. The van der Waals surface area contributed by atoms with Gasteiger partial charge in [0.2, 0.25) is 6.79 Å². The molecule has 1 unspecified atom stereocenters. The van der Waals surface area contributed by atoms with Crippen molar-refractivity contribution in [2.45, 2.75) is 42.1 Å². The van der Waals surface area contributed by atoms with Crippen LogP contribution in [0.3, 0.4) is 0 Å². The van der Waals surface area contributed by atoms with Gasteiger partial charge in [-0.3, -0.25) is 4.79 Å². The first-order chi connectivity index (χ1) is 14.4. The highest BCUT2D eigenvalue weighted by atomic mass is 32.2. The second-order valence-electron chi connectivity index (χ2n) is 7.50. The number of carboxylic acids is 1. The van der Waals surface area contributed by atoms with E-state index in [-0.39, 0.29) is 18.6 Å². The maximum Gasteiger partial charge on any atom is 0.316 e. The van der Waals surface area contributed by atoms with Crippen LogP contribution < -0.4 is 15.2 Å². The molecule has 0 radical (unpaired) electrons. The van der Waals surface area contributed by atoms with Crippen molar-refractivity contribution in [3.8, 4) is 11.5 Å². The minimum Gasteiger partial charge on any atom is -0.480 e. The SMILES string of the molecule is C[C@H]1Cc2cc3c(cc2S[C@H](C(=O)O)C1)OCO3.NC(CO)[C@@H](O)c1ccccc1. The van der Waals surface area contributed by atoms with Crippen LogP contribution in [0.15, 0.2) is 47.4 Å². The van der Waals surface area contributed by atoms with Crippen molar-refractivity contribution in [3.05, 3.63) is 53.6 Å². The van der Waals surface area contributed by atoms with Crippen molar-refractivity contribution in [2.24, 2.45) is 11.7 Å². The Morgan fingerprint density at radius 2 is 1.90 bits per heavy atom. The zero-order valence-electron chi connectivity index (χ0n) is 16.7. The molecule has 0 fully saturated rings. The summed E-state index contributed by atoms with van der Waals surface area (Å²) in [6, 6.07) is 12.4. The Balaban J connectivity index is 0.000000187. The van der Waals surface area contributed by atoms with Crippen molar-refractivity contribution in [2.75, 3.05) is 13.4 Å². The van der Waals surface area contributed by atoms with Crippen molar-refractivity contribution >= 4 is 17.7 Å². The van der Waals surface area contributed by atoms with Crippen LogP contribution in [0.2, 0.25) is 0 Å². The topological polar surface area (TPSA) is 122 Å². The molecule has 4 rings (SSSR count). The van der Waals surface area contributed by atoms with E-state index in [4.69, 9.17) is 20.3 Å². The third-order valence-electron chi connectivity index (χ3n) is 5.04. The highest BCUT2D eigenvalue weighted by molar-refractivity contribution is 8.00. The lowest BCUT2D eigenvalue weighted by molar-refractivity contribution is -0.136. The molecule has 30 heavy (non-hydrogen) atoms. The van der Waals surface area contributed by atoms with Crippen LogP contribution in [0.4, 0.5) is 0 Å². The van der Waals surface area contributed by atoms with E-state index in [9.17, 15) is 15.0 Å². The number of carbonyl (C=O) groups is 1. The van der Waals surface area contributed by atoms with Crippen LogP contribution in [-0.2, 0) is 11.2 Å². The van der Waals surface area contributed by atoms with Gasteiger partial charge in [0, 0.05) is 4.90 Å². The molecular weight excluding hydrogens is 406 g/mol. The fourth-order valence-corrected chi connectivity index (χ4v) is 4.71. The summed E-state index contributed by atoms with van der Waals surface area (Å²) in [7, 11) is 0. The van der Waals surface area contributed by atoms with Gasteiger partial charge >= 0.3 is 5.97 Å². The average Bonchev–Trinajstić information content (AvgIpc) is 3.13. The fraction of sp³-hybridized carbons (Fsp3) is 0.409. The molecule has 7 nitrogen and oxygen atoms in total. The van der Waals surface area contributed by atoms with E-state index < -0.39 is 18.1 Å². The van der Waals surface area contributed by atoms with Gasteiger partial charge in [0.25, 0.3) is 0 Å². The van der Waals surface area contributed by atoms with E-state index in [1.54, 1.807) is 12.1 Å². The molecule has 0 bridgehead atoms. The fourth-order valence-electron chi connectivity index (χ4n) is 3.41. The highest BCUT2D eigenvalue weighted by Crippen LogP contribution is 2.43. The van der Waals surface area contributed by atoms with Crippen LogP contribution in [0.1, 0.15) is 30.6 Å². The quantitative estimate of drug-likeness (QED) is 0.580. The first kappa shape index (κ1) is 22.4. The number of fused-ring (bicyclic) bond motifs is 2. The van der Waals surface area contributed by atoms with Gasteiger partial charge in [-0.05, 0) is 42.0 Å². The van der Waals surface area contributed by atoms with Gasteiger partial charge in [-0.25, -0.2) is 0 Å². The molecule has 8 heteroatoms. The summed E-state index contributed by atoms with van der Waals surface area (Å²) in [4.78, 5) is 12.2. The van der Waals surface area contributed by atoms with Crippen molar-refractivity contribution < 1.29 is 29.6 Å². The third-order valence-corrected chi connectivity index (χ3v) is 6.36. The summed E-state index contributed by atoms with van der Waals surface area (Å²) in [6.07, 6.45) is 0.806. The summed E-state index contributed by atoms with van der Waals surface area (Å²) in [6.45, 7) is 2.13. The Kier molecular flexibility index (Phi) is 7.60. The van der Waals surface area contributed by atoms with Gasteiger partial charge in [0.05, 0.1) is 18.8 Å². The van der Waals surface area contributed by atoms with E-state index in [1.807, 2.05) is 30.3 Å². The second kappa shape index (κ2) is 10.2. The van der Waals surface area contributed by atoms with Gasteiger partial charge in [-0.2, -0.15) is 0 Å². The Hall–Kier alpha value is -2.26. The number of ether oxygens (including phenoxy) is 2. The molecule has 162 valence electrons. The molecule has 4 atom stereocenters. The molecular formula is C22H27NO6S. The Labute approximate surface area is 179 Å². The molecule has 2 aromatic rings. The average molecular weight is 434 g/mol. The van der Waals surface area contributed by atoms with Gasteiger partial charge in [-0.15, -0.1) is 11.8 Å². The molecule has 2 aromatic carbocycles. The highest BCUT2D eigenvalue weighted by Gasteiger charge is 2.29. The van der Waals surface area contributed by atoms with Crippen LogP contribution in [0.25, 0.3) is 0 Å². The number of nitrogens with two attached hydrogens (primary N) is 1. The van der Waals surface area contributed by atoms with Crippen molar-refractivity contribution in [1.29, 1.82) is 0 Å². The molecule has 2 heterocycles. The number of benzene rings is 2. The minimum absolute atomic E-state index is 0.212. The molecule has 2 aliphatic heterocycles. The van der Waals surface area contributed by atoms with Crippen LogP contribution in [0, 0.1) is 5.92 Å². The normalized spacial score (nSPS) is 21.5. The van der Waals surface area contributed by atoms with E-state index in [0.29, 0.717) is 12.3 Å². The summed E-state index contributed by atoms with van der Waals surface area (Å²) >= 11 is 1.42. The Morgan fingerprint density at radius 3 is 2.53 bits per heavy atom. The number of hydrogen-bond donors (Lipinski definition) is 4. The van der Waals surface area contributed by atoms with Gasteiger partial charge in [0.15, 0.2) is 11.5 Å². The predicted octanol–water partition coefficient (Wildman–Crippen LogP) is 2.58. The third kappa shape index (κ3) is 5.46. The van der Waals surface area contributed by atoms with Crippen LogP contribution >= 0.6 is 11.8 Å². The second-order valence-corrected chi connectivity index (χ2v) is 8.75.